The molecule has 146 valence electrons. The lowest BCUT2D eigenvalue weighted by Gasteiger charge is -2.35. The Kier molecular flexibility index (Phi) is 4.48. The van der Waals surface area contributed by atoms with Crippen molar-refractivity contribution in [3.63, 3.8) is 0 Å². The Morgan fingerprint density at radius 3 is 2.34 bits per heavy atom. The molecule has 9 heteroatoms. The van der Waals surface area contributed by atoms with E-state index >= 15 is 0 Å². The van der Waals surface area contributed by atoms with E-state index in [0.717, 1.165) is 60.1 Å². The molecule has 0 saturated carbocycles. The third-order valence-electron chi connectivity index (χ3n) is 5.04. The Balaban J connectivity index is 1.31. The lowest BCUT2D eigenvalue weighted by atomic mass is 10.2. The van der Waals surface area contributed by atoms with Crippen LogP contribution in [0.3, 0.4) is 0 Å². The van der Waals surface area contributed by atoms with Crippen LogP contribution in [0.25, 0.3) is 22.3 Å². The van der Waals surface area contributed by atoms with Gasteiger partial charge in [0.2, 0.25) is 0 Å². The Morgan fingerprint density at radius 1 is 0.862 bits per heavy atom. The largest absolute Gasteiger partial charge is 0.352 e. The van der Waals surface area contributed by atoms with Gasteiger partial charge in [-0.15, -0.1) is 0 Å². The van der Waals surface area contributed by atoms with Crippen molar-refractivity contribution in [2.75, 3.05) is 36.0 Å². The highest BCUT2D eigenvalue weighted by atomic mass is 35.5. The predicted octanol–water partition coefficient (Wildman–Crippen LogP) is 2.80. The van der Waals surface area contributed by atoms with Crippen LogP contribution in [-0.2, 0) is 7.05 Å². The summed E-state index contributed by atoms with van der Waals surface area (Å²) in [6, 6.07) is 5.58. The van der Waals surface area contributed by atoms with Gasteiger partial charge in [-0.25, -0.2) is 9.97 Å². The van der Waals surface area contributed by atoms with Crippen molar-refractivity contribution in [2.24, 2.45) is 7.05 Å². The minimum Gasteiger partial charge on any atom is -0.352 e. The molecule has 4 aromatic rings. The SMILES string of the molecule is Cn1cc(-c2cncc(N3CCN(c4cnc5cc(Cl)ccc5n4)CC3)n2)cn1. The van der Waals surface area contributed by atoms with Crippen LogP contribution in [-0.4, -0.2) is 55.9 Å². The molecule has 0 atom stereocenters. The van der Waals surface area contributed by atoms with Gasteiger partial charge in [0.05, 0.1) is 41.5 Å². The molecular weight excluding hydrogens is 388 g/mol. The maximum absolute atomic E-state index is 6.03. The van der Waals surface area contributed by atoms with Crippen LogP contribution in [0.15, 0.2) is 49.2 Å². The summed E-state index contributed by atoms with van der Waals surface area (Å²) >= 11 is 6.03. The number of rotatable bonds is 3. The minimum atomic E-state index is 0.669. The highest BCUT2D eigenvalue weighted by Crippen LogP contribution is 2.23. The number of piperazine rings is 1. The lowest BCUT2D eigenvalue weighted by molar-refractivity contribution is 0.641. The van der Waals surface area contributed by atoms with Crippen molar-refractivity contribution in [2.45, 2.75) is 0 Å². The lowest BCUT2D eigenvalue weighted by Crippen LogP contribution is -2.47. The molecule has 0 amide bonds. The van der Waals surface area contributed by atoms with Gasteiger partial charge >= 0.3 is 0 Å². The second-order valence-corrected chi connectivity index (χ2v) is 7.44. The fourth-order valence-electron chi connectivity index (χ4n) is 3.49. The molecule has 1 saturated heterocycles. The van der Waals surface area contributed by atoms with Gasteiger partial charge in [-0.1, -0.05) is 11.6 Å². The van der Waals surface area contributed by atoms with Gasteiger partial charge in [-0.3, -0.25) is 14.6 Å². The average Bonchev–Trinajstić information content (AvgIpc) is 3.20. The monoisotopic (exact) mass is 406 g/mol. The third kappa shape index (κ3) is 3.58. The first-order valence-electron chi connectivity index (χ1n) is 9.39. The molecule has 0 radical (unpaired) electrons. The first kappa shape index (κ1) is 17.8. The molecule has 3 aromatic heterocycles. The van der Waals surface area contributed by atoms with E-state index in [1.54, 1.807) is 17.1 Å². The Bertz CT molecular complexity index is 1170. The van der Waals surface area contributed by atoms with Gasteiger partial charge in [-0.2, -0.15) is 5.10 Å². The van der Waals surface area contributed by atoms with Crippen LogP contribution < -0.4 is 9.80 Å². The smallest absolute Gasteiger partial charge is 0.147 e. The molecule has 1 aliphatic heterocycles. The quantitative estimate of drug-likeness (QED) is 0.517. The third-order valence-corrected chi connectivity index (χ3v) is 5.28. The van der Waals surface area contributed by atoms with Gasteiger partial charge in [0.15, 0.2) is 0 Å². The average molecular weight is 407 g/mol. The summed E-state index contributed by atoms with van der Waals surface area (Å²) in [5.41, 5.74) is 3.45. The predicted molar refractivity (Wildman–Crippen MR) is 113 cm³/mol. The molecule has 0 N–H and O–H groups in total. The molecule has 1 fully saturated rings. The van der Waals surface area contributed by atoms with Gasteiger partial charge < -0.3 is 9.80 Å². The van der Waals surface area contributed by atoms with E-state index in [0.29, 0.717) is 5.02 Å². The van der Waals surface area contributed by atoms with E-state index in [-0.39, 0.29) is 0 Å². The molecule has 8 nitrogen and oxygen atoms in total. The zero-order valence-electron chi connectivity index (χ0n) is 15.9. The molecule has 0 aliphatic carbocycles. The van der Waals surface area contributed by atoms with Crippen molar-refractivity contribution in [1.29, 1.82) is 0 Å². The molecule has 0 unspecified atom stereocenters. The number of hydrogen-bond donors (Lipinski definition) is 0. The number of anilines is 2. The zero-order valence-corrected chi connectivity index (χ0v) is 16.7. The van der Waals surface area contributed by atoms with Crippen molar-refractivity contribution < 1.29 is 0 Å². The summed E-state index contributed by atoms with van der Waals surface area (Å²) in [4.78, 5) is 22.9. The first-order valence-corrected chi connectivity index (χ1v) is 9.77. The van der Waals surface area contributed by atoms with Gasteiger partial charge in [0.25, 0.3) is 0 Å². The first-order chi connectivity index (χ1) is 14.2. The number of aryl methyl sites for hydroxylation is 1. The van der Waals surface area contributed by atoms with Gasteiger partial charge in [0.1, 0.15) is 11.6 Å². The summed E-state index contributed by atoms with van der Waals surface area (Å²) in [6.07, 6.45) is 9.15. The van der Waals surface area contributed by atoms with Crippen molar-refractivity contribution in [3.8, 4) is 11.3 Å². The molecule has 29 heavy (non-hydrogen) atoms. The van der Waals surface area contributed by atoms with Crippen LogP contribution >= 0.6 is 11.6 Å². The van der Waals surface area contributed by atoms with Gasteiger partial charge in [0, 0.05) is 50.0 Å². The summed E-state index contributed by atoms with van der Waals surface area (Å²) in [5.74, 6) is 1.76. The fraction of sp³-hybridized carbons (Fsp3) is 0.250. The zero-order chi connectivity index (χ0) is 19.8. The highest BCUT2D eigenvalue weighted by molar-refractivity contribution is 6.31. The van der Waals surface area contributed by atoms with E-state index in [4.69, 9.17) is 21.6 Å². The molecule has 1 aromatic carbocycles. The van der Waals surface area contributed by atoms with E-state index in [2.05, 4.69) is 24.9 Å². The topological polar surface area (TPSA) is 75.9 Å². The van der Waals surface area contributed by atoms with E-state index < -0.39 is 0 Å². The van der Waals surface area contributed by atoms with Crippen LogP contribution in [0, 0.1) is 0 Å². The summed E-state index contributed by atoms with van der Waals surface area (Å²) < 4.78 is 1.76. The van der Waals surface area contributed by atoms with E-state index in [1.807, 2.05) is 43.8 Å². The van der Waals surface area contributed by atoms with Crippen LogP contribution in [0.5, 0.6) is 0 Å². The van der Waals surface area contributed by atoms with Crippen LogP contribution in [0.4, 0.5) is 11.6 Å². The molecule has 0 bridgehead atoms. The van der Waals surface area contributed by atoms with E-state index in [1.165, 1.54) is 0 Å². The maximum atomic E-state index is 6.03. The summed E-state index contributed by atoms with van der Waals surface area (Å²) in [5, 5.41) is 4.88. The molecule has 0 spiro atoms. The van der Waals surface area contributed by atoms with Crippen molar-refractivity contribution in [3.05, 3.63) is 54.2 Å². The van der Waals surface area contributed by atoms with Gasteiger partial charge in [-0.05, 0) is 18.2 Å². The normalized spacial score (nSPS) is 14.6. The number of hydrogen-bond acceptors (Lipinski definition) is 7. The second kappa shape index (κ2) is 7.29. The molecule has 5 rings (SSSR count). The summed E-state index contributed by atoms with van der Waals surface area (Å²) in [6.45, 7) is 3.36. The Hall–Kier alpha value is -3.26. The molecular formula is C20H19ClN8. The Labute approximate surface area is 172 Å². The van der Waals surface area contributed by atoms with Crippen molar-refractivity contribution in [1.82, 2.24) is 29.7 Å². The van der Waals surface area contributed by atoms with Crippen molar-refractivity contribution >= 4 is 34.3 Å². The number of benzene rings is 1. The number of fused-ring (bicyclic) bond motifs is 1. The maximum Gasteiger partial charge on any atom is 0.147 e. The minimum absolute atomic E-state index is 0.669. The number of halogens is 1. The second-order valence-electron chi connectivity index (χ2n) is 7.00. The van der Waals surface area contributed by atoms with Crippen LogP contribution in [0.1, 0.15) is 0 Å². The Morgan fingerprint density at radius 2 is 1.62 bits per heavy atom. The highest BCUT2D eigenvalue weighted by Gasteiger charge is 2.20. The standard InChI is InChI=1S/C20H19ClN8/c1-27-13-14(9-24-27)18-10-22-11-19(26-18)28-4-6-29(7-5-28)20-12-23-17-8-15(21)2-3-16(17)25-20/h2-3,8-13H,4-7H2,1H3. The summed E-state index contributed by atoms with van der Waals surface area (Å²) in [7, 11) is 1.89. The fourth-order valence-corrected chi connectivity index (χ4v) is 3.66. The molecule has 1 aliphatic rings. The number of nitrogens with zero attached hydrogens (tertiary/aromatic N) is 8. The van der Waals surface area contributed by atoms with Crippen LogP contribution in [0.2, 0.25) is 5.02 Å². The van der Waals surface area contributed by atoms with E-state index in [9.17, 15) is 0 Å². The molecule has 4 heterocycles. The number of aromatic nitrogens is 6.